The van der Waals surface area contributed by atoms with Crippen LogP contribution >= 0.6 is 11.8 Å². The predicted molar refractivity (Wildman–Crippen MR) is 92.0 cm³/mol. The van der Waals surface area contributed by atoms with Gasteiger partial charge in [0.15, 0.2) is 6.61 Å². The lowest BCUT2D eigenvalue weighted by molar-refractivity contribution is -0.144. The summed E-state index contributed by atoms with van der Waals surface area (Å²) >= 11 is 1.39. The number of thioether (sulfide) groups is 1. The fourth-order valence-electron chi connectivity index (χ4n) is 2.58. The van der Waals surface area contributed by atoms with E-state index in [4.69, 9.17) is 4.74 Å². The van der Waals surface area contributed by atoms with E-state index < -0.39 is 17.4 Å². The summed E-state index contributed by atoms with van der Waals surface area (Å²) in [5, 5.41) is 13.6. The van der Waals surface area contributed by atoms with Crippen LogP contribution in [-0.2, 0) is 14.3 Å². The van der Waals surface area contributed by atoms with Crippen molar-refractivity contribution < 1.29 is 14.3 Å². The van der Waals surface area contributed by atoms with Gasteiger partial charge in [0.1, 0.15) is 5.54 Å². The molecule has 1 saturated carbocycles. The van der Waals surface area contributed by atoms with Crippen LogP contribution in [0.1, 0.15) is 32.1 Å². The van der Waals surface area contributed by atoms with E-state index in [1.165, 1.54) is 17.8 Å². The number of nitriles is 1. The highest BCUT2D eigenvalue weighted by Gasteiger charge is 2.33. The molecule has 24 heavy (non-hydrogen) atoms. The average Bonchev–Trinajstić information content (AvgIpc) is 2.62. The van der Waals surface area contributed by atoms with Crippen LogP contribution < -0.4 is 5.32 Å². The predicted octanol–water partition coefficient (Wildman–Crippen LogP) is 3.18. The van der Waals surface area contributed by atoms with Crippen LogP contribution in [0.25, 0.3) is 0 Å². The van der Waals surface area contributed by atoms with Crippen molar-refractivity contribution in [2.24, 2.45) is 0 Å². The monoisotopic (exact) mass is 344 g/mol. The van der Waals surface area contributed by atoms with Crippen molar-refractivity contribution in [3.63, 3.8) is 0 Å². The van der Waals surface area contributed by atoms with Crippen LogP contribution in [0.15, 0.2) is 46.7 Å². The Hall–Kier alpha value is -2.26. The molecule has 0 unspecified atom stereocenters. The van der Waals surface area contributed by atoms with Gasteiger partial charge >= 0.3 is 5.97 Å². The molecule has 1 N–H and O–H groups in total. The molecule has 1 amide bonds. The van der Waals surface area contributed by atoms with Crippen molar-refractivity contribution in [3.8, 4) is 6.07 Å². The van der Waals surface area contributed by atoms with E-state index in [2.05, 4.69) is 11.4 Å². The molecule has 0 bridgehead atoms. The number of rotatable bonds is 6. The normalized spacial score (nSPS) is 16.3. The minimum absolute atomic E-state index is 0.372. The molecule has 1 aromatic rings. The Kier molecular flexibility index (Phi) is 6.89. The van der Waals surface area contributed by atoms with Gasteiger partial charge in [-0.2, -0.15) is 5.26 Å². The van der Waals surface area contributed by atoms with Gasteiger partial charge in [-0.3, -0.25) is 4.79 Å². The lowest BCUT2D eigenvalue weighted by atomic mass is 9.83. The van der Waals surface area contributed by atoms with Crippen molar-refractivity contribution in [2.75, 3.05) is 6.61 Å². The second-order valence-corrected chi connectivity index (χ2v) is 6.62. The fraction of sp³-hybridized carbons (Fsp3) is 0.389. The number of hydrogen-bond donors (Lipinski definition) is 1. The number of benzene rings is 1. The van der Waals surface area contributed by atoms with E-state index in [1.807, 2.05) is 30.3 Å². The molecule has 5 nitrogen and oxygen atoms in total. The standard InChI is InChI=1S/C18H20N2O3S/c19-14-18(10-5-2-6-11-18)20-16(21)13-23-17(22)9-12-24-15-7-3-1-4-8-15/h1,3-4,7-9,12H,2,5-6,10-11,13H2,(H,20,21)/b12-9+. The first-order chi connectivity index (χ1) is 11.6. The van der Waals surface area contributed by atoms with Crippen molar-refractivity contribution in [3.05, 3.63) is 41.8 Å². The maximum atomic E-state index is 11.9. The number of carbonyl (C=O) groups is 2. The summed E-state index contributed by atoms with van der Waals surface area (Å²) in [4.78, 5) is 24.5. The molecule has 126 valence electrons. The molecule has 0 radical (unpaired) electrons. The zero-order valence-electron chi connectivity index (χ0n) is 13.4. The van der Waals surface area contributed by atoms with Gasteiger partial charge in [-0.1, -0.05) is 49.2 Å². The van der Waals surface area contributed by atoms with E-state index >= 15 is 0 Å². The number of hydrogen-bond acceptors (Lipinski definition) is 5. The Morgan fingerprint density at radius 3 is 2.62 bits per heavy atom. The molecular formula is C18H20N2O3S. The molecule has 1 aliphatic rings. The van der Waals surface area contributed by atoms with Gasteiger partial charge in [-0.05, 0) is 30.4 Å². The summed E-state index contributed by atoms with van der Waals surface area (Å²) in [6.07, 6.45) is 5.51. The summed E-state index contributed by atoms with van der Waals surface area (Å²) in [6.45, 7) is -0.372. The smallest absolute Gasteiger partial charge is 0.331 e. The fourth-order valence-corrected chi connectivity index (χ4v) is 3.23. The first kappa shape index (κ1) is 18.1. The Bertz CT molecular complexity index is 631. The number of carbonyl (C=O) groups excluding carboxylic acids is 2. The maximum absolute atomic E-state index is 11.9. The molecule has 1 aromatic carbocycles. The largest absolute Gasteiger partial charge is 0.452 e. The highest BCUT2D eigenvalue weighted by Crippen LogP contribution is 2.27. The minimum Gasteiger partial charge on any atom is -0.452 e. The minimum atomic E-state index is -0.805. The molecule has 1 fully saturated rings. The van der Waals surface area contributed by atoms with Crippen molar-refractivity contribution in [1.82, 2.24) is 5.32 Å². The lowest BCUT2D eigenvalue weighted by Gasteiger charge is -2.31. The van der Waals surface area contributed by atoms with E-state index in [1.54, 1.807) is 5.41 Å². The molecule has 0 spiro atoms. The number of amides is 1. The number of nitrogens with zero attached hydrogens (tertiary/aromatic N) is 1. The summed E-state index contributed by atoms with van der Waals surface area (Å²) in [5.74, 6) is -1.01. The first-order valence-corrected chi connectivity index (χ1v) is 8.79. The molecule has 2 rings (SSSR count). The van der Waals surface area contributed by atoms with E-state index in [9.17, 15) is 14.9 Å². The molecule has 0 aromatic heterocycles. The number of esters is 1. The zero-order chi connectivity index (χ0) is 17.3. The summed E-state index contributed by atoms with van der Waals surface area (Å²) < 4.78 is 4.91. The topological polar surface area (TPSA) is 79.2 Å². The number of ether oxygens (including phenoxy) is 1. The average molecular weight is 344 g/mol. The van der Waals surface area contributed by atoms with E-state index in [0.717, 1.165) is 24.2 Å². The zero-order valence-corrected chi connectivity index (χ0v) is 14.2. The second kappa shape index (κ2) is 9.14. The summed E-state index contributed by atoms with van der Waals surface area (Å²) in [7, 11) is 0. The third-order valence-electron chi connectivity index (χ3n) is 3.80. The number of nitrogens with one attached hydrogen (secondary N) is 1. The Morgan fingerprint density at radius 1 is 1.25 bits per heavy atom. The SMILES string of the molecule is N#CC1(NC(=O)COC(=O)/C=C/Sc2ccccc2)CCCCC1. The van der Waals surface area contributed by atoms with Crippen LogP contribution in [0.4, 0.5) is 0 Å². The van der Waals surface area contributed by atoms with Gasteiger partial charge in [0.25, 0.3) is 5.91 Å². The molecular weight excluding hydrogens is 324 g/mol. The van der Waals surface area contributed by atoms with Gasteiger partial charge in [0.2, 0.25) is 0 Å². The lowest BCUT2D eigenvalue weighted by Crippen LogP contribution is -2.49. The van der Waals surface area contributed by atoms with Gasteiger partial charge in [-0.15, -0.1) is 0 Å². The van der Waals surface area contributed by atoms with Crippen LogP contribution in [0, 0.1) is 11.3 Å². The highest BCUT2D eigenvalue weighted by atomic mass is 32.2. The first-order valence-electron chi connectivity index (χ1n) is 7.91. The maximum Gasteiger partial charge on any atom is 0.331 e. The van der Waals surface area contributed by atoms with Crippen LogP contribution in [0.2, 0.25) is 0 Å². The third-order valence-corrected chi connectivity index (χ3v) is 4.61. The van der Waals surface area contributed by atoms with Crippen molar-refractivity contribution in [2.45, 2.75) is 42.5 Å². The highest BCUT2D eigenvalue weighted by molar-refractivity contribution is 8.02. The second-order valence-electron chi connectivity index (χ2n) is 5.64. The Balaban J connectivity index is 1.73. The quantitative estimate of drug-likeness (QED) is 0.487. The molecule has 0 saturated heterocycles. The molecule has 1 aliphatic carbocycles. The van der Waals surface area contributed by atoms with Gasteiger partial charge in [-0.25, -0.2) is 4.79 Å². The summed E-state index contributed by atoms with van der Waals surface area (Å²) in [5.41, 5.74) is -0.805. The van der Waals surface area contributed by atoms with Crippen molar-refractivity contribution >= 4 is 23.6 Å². The van der Waals surface area contributed by atoms with E-state index in [0.29, 0.717) is 12.8 Å². The van der Waals surface area contributed by atoms with Crippen LogP contribution in [0.3, 0.4) is 0 Å². The molecule has 0 aliphatic heterocycles. The molecule has 0 heterocycles. The van der Waals surface area contributed by atoms with E-state index in [-0.39, 0.29) is 6.61 Å². The molecule has 0 atom stereocenters. The van der Waals surface area contributed by atoms with Gasteiger partial charge in [0, 0.05) is 11.0 Å². The Labute approximate surface area is 146 Å². The van der Waals surface area contributed by atoms with Crippen LogP contribution in [0.5, 0.6) is 0 Å². The van der Waals surface area contributed by atoms with Crippen LogP contribution in [-0.4, -0.2) is 24.0 Å². The third kappa shape index (κ3) is 5.74. The molecule has 6 heteroatoms. The Morgan fingerprint density at radius 2 is 1.96 bits per heavy atom. The van der Waals surface area contributed by atoms with Crippen molar-refractivity contribution in [1.29, 1.82) is 5.26 Å². The van der Waals surface area contributed by atoms with Gasteiger partial charge in [0.05, 0.1) is 6.07 Å². The summed E-state index contributed by atoms with van der Waals surface area (Å²) in [6, 6.07) is 11.8. The van der Waals surface area contributed by atoms with Gasteiger partial charge < -0.3 is 10.1 Å².